The van der Waals surface area contributed by atoms with E-state index in [2.05, 4.69) is 24.2 Å². The topological polar surface area (TPSA) is 41.6 Å². The molecule has 0 aromatic rings. The molecule has 4 heteroatoms. The molecule has 1 N–H and O–H groups in total. The van der Waals surface area contributed by atoms with Crippen LogP contribution in [-0.2, 0) is 9.53 Å². The number of hydrogen-bond donors (Lipinski definition) is 1. The summed E-state index contributed by atoms with van der Waals surface area (Å²) in [5.74, 6) is 0.784. The second-order valence-corrected chi connectivity index (χ2v) is 6.91. The second-order valence-electron chi connectivity index (χ2n) is 6.91. The Balaban J connectivity index is 1.91. The Hall–Kier alpha value is -0.610. The summed E-state index contributed by atoms with van der Waals surface area (Å²) < 4.78 is 5.29. The van der Waals surface area contributed by atoms with Crippen molar-refractivity contribution < 1.29 is 9.53 Å². The van der Waals surface area contributed by atoms with Gasteiger partial charge in [0, 0.05) is 18.6 Å². The maximum absolute atomic E-state index is 12.3. The number of carbonyl (C=O) groups is 1. The molecule has 2 rings (SSSR count). The van der Waals surface area contributed by atoms with Gasteiger partial charge < -0.3 is 9.64 Å². The van der Waals surface area contributed by atoms with Gasteiger partial charge in [-0.05, 0) is 65.8 Å². The molecule has 0 aromatic carbocycles. The van der Waals surface area contributed by atoms with Crippen LogP contribution in [0.25, 0.3) is 0 Å². The molecule has 116 valence electrons. The quantitative estimate of drug-likeness (QED) is 0.658. The number of rotatable bonds is 9. The van der Waals surface area contributed by atoms with Crippen LogP contribution >= 0.6 is 0 Å². The van der Waals surface area contributed by atoms with Gasteiger partial charge in [-0.1, -0.05) is 0 Å². The SMILES string of the molecule is CCOC(=O)C(C)(CC(C)N(C)CC1CC1)NC1CC1. The molecule has 0 saturated heterocycles. The Bertz CT molecular complexity index is 339. The van der Waals surface area contributed by atoms with Crippen LogP contribution in [0.1, 0.15) is 52.9 Å². The van der Waals surface area contributed by atoms with Gasteiger partial charge in [0.1, 0.15) is 5.54 Å². The predicted molar refractivity (Wildman–Crippen MR) is 80.6 cm³/mol. The molecule has 0 aromatic heterocycles. The van der Waals surface area contributed by atoms with Gasteiger partial charge in [-0.2, -0.15) is 0 Å². The lowest BCUT2D eigenvalue weighted by Crippen LogP contribution is -2.54. The standard InChI is InChI=1S/C16H30N2O2/c1-5-20-15(19)16(3,17-14-8-9-14)10-12(2)18(4)11-13-6-7-13/h12-14,17H,5-11H2,1-4H3. The highest BCUT2D eigenvalue weighted by molar-refractivity contribution is 5.80. The molecule has 0 heterocycles. The molecule has 2 atom stereocenters. The van der Waals surface area contributed by atoms with Crippen LogP contribution in [-0.4, -0.2) is 48.7 Å². The van der Waals surface area contributed by atoms with Crippen LogP contribution in [0, 0.1) is 5.92 Å². The molecule has 0 aliphatic heterocycles. The Morgan fingerprint density at radius 3 is 2.55 bits per heavy atom. The van der Waals surface area contributed by atoms with Crippen molar-refractivity contribution in [2.75, 3.05) is 20.2 Å². The monoisotopic (exact) mass is 282 g/mol. The van der Waals surface area contributed by atoms with E-state index in [1.54, 1.807) is 0 Å². The summed E-state index contributed by atoms with van der Waals surface area (Å²) in [6.45, 7) is 7.70. The first-order chi connectivity index (χ1) is 9.44. The summed E-state index contributed by atoms with van der Waals surface area (Å²) in [6, 6.07) is 0.890. The van der Waals surface area contributed by atoms with Crippen LogP contribution < -0.4 is 5.32 Å². The van der Waals surface area contributed by atoms with Gasteiger partial charge in [-0.15, -0.1) is 0 Å². The molecule has 0 radical (unpaired) electrons. The van der Waals surface area contributed by atoms with E-state index in [-0.39, 0.29) is 5.97 Å². The zero-order valence-corrected chi connectivity index (χ0v) is 13.4. The van der Waals surface area contributed by atoms with E-state index in [1.807, 2.05) is 13.8 Å². The first-order valence-corrected chi connectivity index (χ1v) is 8.09. The van der Waals surface area contributed by atoms with Gasteiger partial charge in [0.05, 0.1) is 6.61 Å². The number of hydrogen-bond acceptors (Lipinski definition) is 4. The Morgan fingerprint density at radius 1 is 1.40 bits per heavy atom. The van der Waals surface area contributed by atoms with Gasteiger partial charge in [-0.25, -0.2) is 0 Å². The van der Waals surface area contributed by atoms with Crippen molar-refractivity contribution >= 4 is 5.97 Å². The highest BCUT2D eigenvalue weighted by Gasteiger charge is 2.41. The number of nitrogens with one attached hydrogen (secondary N) is 1. The third-order valence-electron chi connectivity index (χ3n) is 4.53. The fourth-order valence-electron chi connectivity index (χ4n) is 2.80. The van der Waals surface area contributed by atoms with Crippen LogP contribution in [0.2, 0.25) is 0 Å². The summed E-state index contributed by atoms with van der Waals surface area (Å²) >= 11 is 0. The Kier molecular flexibility index (Phi) is 5.08. The van der Waals surface area contributed by atoms with E-state index >= 15 is 0 Å². The van der Waals surface area contributed by atoms with Crippen molar-refractivity contribution in [1.82, 2.24) is 10.2 Å². The van der Waals surface area contributed by atoms with Crippen molar-refractivity contribution in [3.63, 3.8) is 0 Å². The largest absolute Gasteiger partial charge is 0.465 e. The third kappa shape index (κ3) is 4.45. The van der Waals surface area contributed by atoms with Crippen molar-refractivity contribution in [2.45, 2.75) is 70.5 Å². The lowest BCUT2D eigenvalue weighted by Gasteiger charge is -2.35. The maximum atomic E-state index is 12.3. The Labute approximate surface area is 123 Å². The molecule has 2 fully saturated rings. The molecule has 0 bridgehead atoms. The van der Waals surface area contributed by atoms with Gasteiger partial charge in [-0.3, -0.25) is 10.1 Å². The zero-order valence-electron chi connectivity index (χ0n) is 13.4. The molecule has 2 saturated carbocycles. The fourth-order valence-corrected chi connectivity index (χ4v) is 2.80. The minimum atomic E-state index is -0.547. The maximum Gasteiger partial charge on any atom is 0.326 e. The van der Waals surface area contributed by atoms with E-state index in [0.29, 0.717) is 18.7 Å². The van der Waals surface area contributed by atoms with Gasteiger partial charge in [0.25, 0.3) is 0 Å². The van der Waals surface area contributed by atoms with Crippen LogP contribution in [0.4, 0.5) is 0 Å². The van der Waals surface area contributed by atoms with Gasteiger partial charge in [0.15, 0.2) is 0 Å². The molecular weight excluding hydrogens is 252 g/mol. The smallest absolute Gasteiger partial charge is 0.326 e. The molecule has 2 unspecified atom stereocenters. The summed E-state index contributed by atoms with van der Waals surface area (Å²) in [6.07, 6.45) is 5.91. The van der Waals surface area contributed by atoms with Crippen molar-refractivity contribution in [3.05, 3.63) is 0 Å². The Morgan fingerprint density at radius 2 is 2.05 bits per heavy atom. The van der Waals surface area contributed by atoms with E-state index in [4.69, 9.17) is 4.74 Å². The van der Waals surface area contributed by atoms with Crippen LogP contribution in [0.15, 0.2) is 0 Å². The summed E-state index contributed by atoms with van der Waals surface area (Å²) in [5.41, 5.74) is -0.547. The molecule has 20 heavy (non-hydrogen) atoms. The van der Waals surface area contributed by atoms with E-state index < -0.39 is 5.54 Å². The normalized spacial score (nSPS) is 23.4. The second kappa shape index (κ2) is 6.44. The highest BCUT2D eigenvalue weighted by atomic mass is 16.5. The number of ether oxygens (including phenoxy) is 1. The minimum absolute atomic E-state index is 0.0985. The molecule has 4 nitrogen and oxygen atoms in total. The van der Waals surface area contributed by atoms with Crippen molar-refractivity contribution in [2.24, 2.45) is 5.92 Å². The van der Waals surface area contributed by atoms with Gasteiger partial charge >= 0.3 is 5.97 Å². The van der Waals surface area contributed by atoms with Crippen molar-refractivity contribution in [1.29, 1.82) is 0 Å². The van der Waals surface area contributed by atoms with Crippen LogP contribution in [0.5, 0.6) is 0 Å². The number of nitrogens with zero attached hydrogens (tertiary/aromatic N) is 1. The molecule has 0 amide bonds. The highest BCUT2D eigenvalue weighted by Crippen LogP contribution is 2.31. The molecule has 2 aliphatic rings. The van der Waals surface area contributed by atoms with Gasteiger partial charge in [0.2, 0.25) is 0 Å². The van der Waals surface area contributed by atoms with E-state index in [9.17, 15) is 4.79 Å². The molecular formula is C16H30N2O2. The minimum Gasteiger partial charge on any atom is -0.465 e. The summed E-state index contributed by atoms with van der Waals surface area (Å²) in [5, 5.41) is 3.51. The summed E-state index contributed by atoms with van der Waals surface area (Å²) in [4.78, 5) is 14.7. The average Bonchev–Trinajstić information content (AvgIpc) is 3.25. The van der Waals surface area contributed by atoms with Crippen molar-refractivity contribution in [3.8, 4) is 0 Å². The average molecular weight is 282 g/mol. The van der Waals surface area contributed by atoms with Crippen LogP contribution in [0.3, 0.4) is 0 Å². The molecule has 0 spiro atoms. The number of carbonyl (C=O) groups excluding carboxylic acids is 1. The fraction of sp³-hybridized carbons (Fsp3) is 0.938. The number of esters is 1. The van der Waals surface area contributed by atoms with E-state index in [0.717, 1.165) is 18.9 Å². The lowest BCUT2D eigenvalue weighted by molar-refractivity contribution is -0.151. The lowest BCUT2D eigenvalue weighted by atomic mass is 9.92. The van der Waals surface area contributed by atoms with E-state index in [1.165, 1.54) is 25.7 Å². The third-order valence-corrected chi connectivity index (χ3v) is 4.53. The predicted octanol–water partition coefficient (Wildman–Crippen LogP) is 2.18. The first-order valence-electron chi connectivity index (χ1n) is 8.09. The summed E-state index contributed by atoms with van der Waals surface area (Å²) in [7, 11) is 2.17. The molecule has 2 aliphatic carbocycles. The first kappa shape index (κ1) is 15.8. The zero-order chi connectivity index (χ0) is 14.8.